The summed E-state index contributed by atoms with van der Waals surface area (Å²) in [7, 11) is -9.17. The summed E-state index contributed by atoms with van der Waals surface area (Å²) in [6, 6.07) is 11.0. The van der Waals surface area contributed by atoms with E-state index in [-0.39, 0.29) is 61.7 Å². The number of aliphatic hydroxyl groups is 1. The molecule has 0 aliphatic carbocycles. The van der Waals surface area contributed by atoms with Gasteiger partial charge in [-0.05, 0) is 105 Å². The molecular weight excluding hydrogens is 1090 g/mol. The maximum absolute atomic E-state index is 15.2. The van der Waals surface area contributed by atoms with Crippen molar-refractivity contribution in [2.24, 2.45) is 5.92 Å². The van der Waals surface area contributed by atoms with E-state index in [1.165, 1.54) is 6.08 Å². The third-order valence-corrected chi connectivity index (χ3v) is 37.7. The van der Waals surface area contributed by atoms with Gasteiger partial charge < -0.3 is 57.1 Å². The lowest BCUT2D eigenvalue weighted by molar-refractivity contribution is -0.304. The van der Waals surface area contributed by atoms with Gasteiger partial charge >= 0.3 is 5.97 Å². The first-order valence-electron chi connectivity index (χ1n) is 32.4. The first-order valence-corrected chi connectivity index (χ1v) is 42.6. The standard InChI is InChI=1S/C63H116N2O12Si4/c1-17-31-43-65-61(67)57-54-44-50(71-62-60(77-81(28-12,29-13)30-14)58(64-18-2)59(49(16)70-62)76-80(25-9,26-10)27-11)40-38-36-34-32-33-35-37-39-48(15)69-56(66)42-41-52-53(72-52)45-51(74-78(19-3,20-4)21-5)46-63(68,73-54)47-55(57)75-79(22-6,23-7)24-8/h32-38,40-42,48-55,57-60,62,64,68H,17-31,39,43-47H2,1-16H3,(H,65,67)/b33-32+,36-34+,37-35+,40-38+,42-41+/t48-,49-,50+,51+,52-,53-,54+,55+,57+,58+,59-,60+,62+,63-/m1/s1. The lowest BCUT2D eigenvalue weighted by Crippen LogP contribution is -2.68. The molecule has 0 saturated carbocycles. The topological polar surface area (TPSA) is 165 Å². The molecule has 3 N–H and O–H groups in total. The molecule has 0 aromatic heterocycles. The van der Waals surface area contributed by atoms with E-state index in [1.807, 2.05) is 55.5 Å². The number of hydrogen-bond acceptors (Lipinski definition) is 13. The largest absolute Gasteiger partial charge is 0.459 e. The van der Waals surface area contributed by atoms with Crippen molar-refractivity contribution in [2.45, 2.75) is 307 Å². The van der Waals surface area contributed by atoms with Crippen molar-refractivity contribution in [3.63, 3.8) is 0 Å². The van der Waals surface area contributed by atoms with Crippen LogP contribution in [0.4, 0.5) is 0 Å². The molecule has 4 rings (SSSR count). The molecule has 4 aliphatic rings. The number of epoxide rings is 1. The fourth-order valence-electron chi connectivity index (χ4n) is 12.6. The summed E-state index contributed by atoms with van der Waals surface area (Å²) in [5.74, 6) is -3.11. The highest BCUT2D eigenvalue weighted by Gasteiger charge is 2.56. The highest BCUT2D eigenvalue weighted by atomic mass is 28.4. The highest BCUT2D eigenvalue weighted by Crippen LogP contribution is 2.45. The van der Waals surface area contributed by atoms with Crippen LogP contribution in [0.3, 0.4) is 0 Å². The first-order chi connectivity index (χ1) is 38.8. The number of ether oxygens (including phenoxy) is 5. The van der Waals surface area contributed by atoms with Crippen molar-refractivity contribution in [1.29, 1.82) is 0 Å². The van der Waals surface area contributed by atoms with Gasteiger partial charge in [-0.15, -0.1) is 0 Å². The van der Waals surface area contributed by atoms with Gasteiger partial charge in [0.1, 0.15) is 18.3 Å². The van der Waals surface area contributed by atoms with Crippen LogP contribution in [-0.4, -0.2) is 143 Å². The molecule has 4 aliphatic heterocycles. The van der Waals surface area contributed by atoms with Crippen LogP contribution in [-0.2, 0) is 51.0 Å². The number of carbonyl (C=O) groups is 2. The summed E-state index contributed by atoms with van der Waals surface area (Å²) >= 11 is 0. The third kappa shape index (κ3) is 20.6. The zero-order valence-corrected chi connectivity index (χ0v) is 57.6. The average Bonchev–Trinajstić information content (AvgIpc) is 4.22. The zero-order valence-electron chi connectivity index (χ0n) is 53.6. The van der Waals surface area contributed by atoms with Crippen LogP contribution in [0.2, 0.25) is 72.5 Å². The van der Waals surface area contributed by atoms with Gasteiger partial charge in [0.05, 0.1) is 54.7 Å². The Balaban J connectivity index is 2.00. The fraction of sp³-hybridized carbons (Fsp3) is 0.810. The Kier molecular flexibility index (Phi) is 31.0. The molecule has 81 heavy (non-hydrogen) atoms. The van der Waals surface area contributed by atoms with Crippen LogP contribution in [0.1, 0.15) is 156 Å². The summed E-state index contributed by atoms with van der Waals surface area (Å²) in [5.41, 5.74) is 0. The third-order valence-electron chi connectivity index (χ3n) is 19.0. The number of carbonyl (C=O) groups excluding carboxylic acids is 2. The first kappa shape index (κ1) is 71.6. The molecule has 1 amide bonds. The SMILES string of the molecule is CCCCNC(=O)[C@H]1[C@@H]2C[C@@H](O[C@@H]3O[C@H](C)[C@@H](O[Si](CC)(CC)CC)[C@H](NCC)[C@@H]3O[Si](CC)(CC)CC)/C=C/C=C/C=C/C=C/C[C@@H](C)OC(=O)/C=C/[C@H]3O[C@@H]3C[C@H](O[Si](CC)(CC)CC)C[C@](O)(C[C@@H]1O[Si](CC)(CC)CC)O2. The molecule has 0 aromatic carbocycles. The van der Waals surface area contributed by atoms with Crippen molar-refractivity contribution in [3.8, 4) is 0 Å². The quantitative estimate of drug-likeness (QED) is 0.0294. The molecule has 4 heterocycles. The van der Waals surface area contributed by atoms with Crippen LogP contribution in [0.25, 0.3) is 0 Å². The smallest absolute Gasteiger partial charge is 0.330 e. The van der Waals surface area contributed by atoms with Crippen molar-refractivity contribution in [3.05, 3.63) is 60.8 Å². The van der Waals surface area contributed by atoms with E-state index in [4.69, 9.17) is 41.4 Å². The number of unbranched alkanes of at least 4 members (excludes halogenated alkanes) is 1. The molecule has 3 fully saturated rings. The van der Waals surface area contributed by atoms with Gasteiger partial charge in [-0.2, -0.15) is 0 Å². The van der Waals surface area contributed by atoms with Gasteiger partial charge in [-0.3, -0.25) is 4.79 Å². The molecular formula is C63H116N2O12Si4. The van der Waals surface area contributed by atoms with E-state index in [0.717, 1.165) is 85.4 Å². The molecule has 14 atom stereocenters. The van der Waals surface area contributed by atoms with Crippen molar-refractivity contribution >= 4 is 45.1 Å². The number of amides is 1. The summed E-state index contributed by atoms with van der Waals surface area (Å²) < 4.78 is 63.9. The van der Waals surface area contributed by atoms with Crippen molar-refractivity contribution in [1.82, 2.24) is 10.6 Å². The minimum Gasteiger partial charge on any atom is -0.459 e. The lowest BCUT2D eigenvalue weighted by atomic mass is 9.82. The monoisotopic (exact) mass is 1200 g/mol. The van der Waals surface area contributed by atoms with Crippen LogP contribution < -0.4 is 10.6 Å². The lowest BCUT2D eigenvalue weighted by Gasteiger charge is -2.51. The number of allylic oxidation sites excluding steroid dienone is 6. The molecule has 0 aromatic rings. The highest BCUT2D eigenvalue weighted by molar-refractivity contribution is 6.74. The van der Waals surface area contributed by atoms with Crippen molar-refractivity contribution in [2.75, 3.05) is 13.1 Å². The van der Waals surface area contributed by atoms with Gasteiger partial charge in [0.25, 0.3) is 0 Å². The normalized spacial score (nSPS) is 33.3. The molecule has 0 spiro atoms. The molecule has 0 unspecified atom stereocenters. The Hall–Kier alpha value is -1.89. The van der Waals surface area contributed by atoms with Crippen LogP contribution in [0.15, 0.2) is 60.8 Å². The summed E-state index contributed by atoms with van der Waals surface area (Å²) in [5, 5.41) is 20.7. The molecule has 0 radical (unpaired) electrons. The second kappa shape index (κ2) is 35.0. The maximum Gasteiger partial charge on any atom is 0.330 e. The number of cyclic esters (lactones) is 1. The summed E-state index contributed by atoms with van der Waals surface area (Å²) in [4.78, 5) is 28.2. The van der Waals surface area contributed by atoms with E-state index in [2.05, 4.69) is 114 Å². The number of likely N-dealkylation sites (N-methyl/N-ethyl adjacent to an activating group) is 1. The van der Waals surface area contributed by atoms with Gasteiger partial charge in [-0.25, -0.2) is 4.79 Å². The summed E-state index contributed by atoms with van der Waals surface area (Å²) in [6.45, 7) is 36.3. The Morgan fingerprint density at radius 3 is 1.77 bits per heavy atom. The van der Waals surface area contributed by atoms with Gasteiger partial charge in [0.2, 0.25) is 5.91 Å². The zero-order chi connectivity index (χ0) is 59.9. The van der Waals surface area contributed by atoms with Crippen LogP contribution in [0, 0.1) is 5.92 Å². The Morgan fingerprint density at radius 1 is 0.654 bits per heavy atom. The molecule has 3 saturated heterocycles. The Bertz CT molecular complexity index is 1960. The number of nitrogens with one attached hydrogen (secondary N) is 2. The fourth-order valence-corrected chi connectivity index (χ4v) is 24.2. The van der Waals surface area contributed by atoms with E-state index < -0.39 is 87.8 Å². The number of rotatable bonds is 28. The predicted molar refractivity (Wildman–Crippen MR) is 339 cm³/mol. The number of fused-ring (bicyclic) bond motifs is 3. The molecule has 2 bridgehead atoms. The minimum atomic E-state index is -2.43. The predicted octanol–water partition coefficient (Wildman–Crippen LogP) is 13.7. The van der Waals surface area contributed by atoms with Crippen LogP contribution >= 0.6 is 0 Å². The Labute approximate surface area is 496 Å². The van der Waals surface area contributed by atoms with E-state index in [1.54, 1.807) is 6.08 Å². The van der Waals surface area contributed by atoms with E-state index in [9.17, 15) is 9.90 Å². The Morgan fingerprint density at radius 2 is 1.20 bits per heavy atom. The summed E-state index contributed by atoms with van der Waals surface area (Å²) in [6.07, 6.45) is 16.8. The average molecular weight is 1210 g/mol. The second-order valence-corrected chi connectivity index (χ2v) is 42.6. The molecule has 466 valence electrons. The maximum atomic E-state index is 15.2. The van der Waals surface area contributed by atoms with Crippen molar-refractivity contribution < 1.29 is 56.1 Å². The second-order valence-electron chi connectivity index (χ2n) is 23.7. The van der Waals surface area contributed by atoms with Gasteiger partial charge in [0, 0.05) is 44.7 Å². The van der Waals surface area contributed by atoms with E-state index in [0.29, 0.717) is 25.9 Å². The number of hydrogen-bond donors (Lipinski definition) is 3. The molecule has 18 heteroatoms. The van der Waals surface area contributed by atoms with E-state index >= 15 is 4.79 Å². The van der Waals surface area contributed by atoms with Gasteiger partial charge in [0.15, 0.2) is 45.3 Å². The van der Waals surface area contributed by atoms with Gasteiger partial charge in [-0.1, -0.05) is 152 Å². The molecule has 14 nitrogen and oxygen atoms in total. The number of esters is 1. The minimum absolute atomic E-state index is 0.0907. The van der Waals surface area contributed by atoms with Crippen LogP contribution in [0.5, 0.6) is 0 Å².